The molecular formula is C19H24N2O2S. The first-order valence-electron chi connectivity index (χ1n) is 8.42. The topological polar surface area (TPSA) is 37.6 Å². The van der Waals surface area contributed by atoms with Crippen molar-refractivity contribution >= 4 is 23.0 Å². The molecule has 1 saturated carbocycles. The summed E-state index contributed by atoms with van der Waals surface area (Å²) < 4.78 is 10.8. The predicted molar refractivity (Wildman–Crippen MR) is 100 cm³/mol. The van der Waals surface area contributed by atoms with Gasteiger partial charge in [0.2, 0.25) is 0 Å². The molecule has 1 aliphatic rings. The van der Waals surface area contributed by atoms with Crippen LogP contribution < -0.4 is 10.1 Å². The minimum Gasteiger partial charge on any atom is -0.496 e. The van der Waals surface area contributed by atoms with Crippen molar-refractivity contribution in [3.8, 4) is 5.75 Å². The average molecular weight is 344 g/mol. The van der Waals surface area contributed by atoms with E-state index in [9.17, 15) is 0 Å². The van der Waals surface area contributed by atoms with Gasteiger partial charge in [-0.2, -0.15) is 0 Å². The maximum atomic E-state index is 5.71. The number of benzene rings is 1. The van der Waals surface area contributed by atoms with Crippen molar-refractivity contribution in [1.82, 2.24) is 4.90 Å². The van der Waals surface area contributed by atoms with Crippen LogP contribution >= 0.6 is 12.2 Å². The van der Waals surface area contributed by atoms with E-state index in [4.69, 9.17) is 21.4 Å². The molecule has 1 fully saturated rings. The van der Waals surface area contributed by atoms with Crippen molar-refractivity contribution < 1.29 is 9.15 Å². The van der Waals surface area contributed by atoms with Gasteiger partial charge in [-0.25, -0.2) is 0 Å². The van der Waals surface area contributed by atoms with Crippen molar-refractivity contribution in [2.45, 2.75) is 45.2 Å². The molecule has 1 aliphatic carbocycles. The third-order valence-electron chi connectivity index (χ3n) is 4.58. The molecule has 3 rings (SSSR count). The number of hydrogen-bond acceptors (Lipinski definition) is 3. The first-order chi connectivity index (χ1) is 11.7. The second kappa shape index (κ2) is 7.71. The van der Waals surface area contributed by atoms with E-state index in [-0.39, 0.29) is 0 Å². The van der Waals surface area contributed by atoms with Crippen molar-refractivity contribution in [3.63, 3.8) is 0 Å². The molecule has 24 heavy (non-hydrogen) atoms. The zero-order valence-electron chi connectivity index (χ0n) is 14.2. The largest absolute Gasteiger partial charge is 0.496 e. The van der Waals surface area contributed by atoms with Crippen LogP contribution in [-0.2, 0) is 6.54 Å². The van der Waals surface area contributed by atoms with Crippen LogP contribution in [0.2, 0.25) is 0 Å². The van der Waals surface area contributed by atoms with Crippen LogP contribution in [0.1, 0.15) is 37.0 Å². The van der Waals surface area contributed by atoms with Crippen molar-refractivity contribution in [1.29, 1.82) is 0 Å². The van der Waals surface area contributed by atoms with Crippen LogP contribution in [0, 0.1) is 6.92 Å². The van der Waals surface area contributed by atoms with Crippen LogP contribution in [-0.4, -0.2) is 23.2 Å². The van der Waals surface area contributed by atoms with E-state index >= 15 is 0 Å². The van der Waals surface area contributed by atoms with Gasteiger partial charge in [-0.15, -0.1) is 0 Å². The average Bonchev–Trinajstić information content (AvgIpc) is 3.26. The van der Waals surface area contributed by atoms with Gasteiger partial charge < -0.3 is 19.4 Å². The summed E-state index contributed by atoms with van der Waals surface area (Å²) in [6.07, 6.45) is 6.62. The van der Waals surface area contributed by atoms with Gasteiger partial charge >= 0.3 is 0 Å². The van der Waals surface area contributed by atoms with Gasteiger partial charge in [0.15, 0.2) is 5.11 Å². The van der Waals surface area contributed by atoms with E-state index in [1.165, 1.54) is 25.7 Å². The molecule has 1 aromatic carbocycles. The summed E-state index contributed by atoms with van der Waals surface area (Å²) in [7, 11) is 1.69. The van der Waals surface area contributed by atoms with Crippen LogP contribution in [0.15, 0.2) is 41.0 Å². The number of hydrogen-bond donors (Lipinski definition) is 1. The second-order valence-electron chi connectivity index (χ2n) is 6.26. The van der Waals surface area contributed by atoms with Gasteiger partial charge in [0.1, 0.15) is 11.5 Å². The first kappa shape index (κ1) is 16.8. The van der Waals surface area contributed by atoms with Crippen molar-refractivity contribution in [3.05, 3.63) is 47.9 Å². The van der Waals surface area contributed by atoms with E-state index in [1.807, 2.05) is 31.2 Å². The Morgan fingerprint density at radius 1 is 1.33 bits per heavy atom. The number of ether oxygens (including phenoxy) is 1. The molecule has 1 N–H and O–H groups in total. The molecule has 0 saturated heterocycles. The number of anilines is 1. The van der Waals surface area contributed by atoms with Gasteiger partial charge in [-0.05, 0) is 67.9 Å². The number of methoxy groups -OCH3 is 1. The Morgan fingerprint density at radius 3 is 2.75 bits per heavy atom. The summed E-state index contributed by atoms with van der Waals surface area (Å²) in [6.45, 7) is 2.74. The number of furan rings is 1. The van der Waals surface area contributed by atoms with Crippen LogP contribution in [0.25, 0.3) is 0 Å². The van der Waals surface area contributed by atoms with E-state index in [0.717, 1.165) is 27.9 Å². The van der Waals surface area contributed by atoms with Crippen molar-refractivity contribution in [2.24, 2.45) is 0 Å². The summed E-state index contributed by atoms with van der Waals surface area (Å²) in [4.78, 5) is 2.26. The first-order valence-corrected chi connectivity index (χ1v) is 8.83. The highest BCUT2D eigenvalue weighted by Crippen LogP contribution is 2.27. The molecule has 4 nitrogen and oxygen atoms in total. The Labute approximate surface area is 148 Å². The second-order valence-corrected chi connectivity index (χ2v) is 6.65. The molecule has 0 atom stereocenters. The number of rotatable bonds is 5. The molecule has 0 aliphatic heterocycles. The number of nitrogens with one attached hydrogen (secondary N) is 1. The lowest BCUT2D eigenvalue weighted by Crippen LogP contribution is -2.40. The maximum absolute atomic E-state index is 5.71. The summed E-state index contributed by atoms with van der Waals surface area (Å²) in [5.74, 6) is 1.83. The fraction of sp³-hybridized carbons (Fsp3) is 0.421. The summed E-state index contributed by atoms with van der Waals surface area (Å²) in [5.41, 5.74) is 2.07. The minimum atomic E-state index is 0.481. The summed E-state index contributed by atoms with van der Waals surface area (Å²) in [6, 6.07) is 10.4. The predicted octanol–water partition coefficient (Wildman–Crippen LogP) is 4.74. The highest BCUT2D eigenvalue weighted by Gasteiger charge is 2.25. The molecular weight excluding hydrogens is 320 g/mol. The number of thiocarbonyl (C=S) groups is 1. The molecule has 1 heterocycles. The molecule has 0 unspecified atom stereocenters. The molecule has 2 aromatic rings. The Morgan fingerprint density at radius 2 is 2.12 bits per heavy atom. The third-order valence-corrected chi connectivity index (χ3v) is 4.92. The van der Waals surface area contributed by atoms with Crippen LogP contribution in [0.3, 0.4) is 0 Å². The normalized spacial score (nSPS) is 14.6. The third kappa shape index (κ3) is 3.90. The van der Waals surface area contributed by atoms with Crippen molar-refractivity contribution in [2.75, 3.05) is 12.4 Å². The molecule has 1 aromatic heterocycles. The number of aryl methyl sites for hydroxylation is 1. The van der Waals surface area contributed by atoms with Crippen LogP contribution in [0.4, 0.5) is 5.69 Å². The fourth-order valence-corrected chi connectivity index (χ4v) is 3.64. The quantitative estimate of drug-likeness (QED) is 0.793. The molecule has 5 heteroatoms. The monoisotopic (exact) mass is 344 g/mol. The van der Waals surface area contributed by atoms with E-state index < -0.39 is 0 Å². The van der Waals surface area contributed by atoms with Gasteiger partial charge in [0.25, 0.3) is 0 Å². The smallest absolute Gasteiger partial charge is 0.174 e. The van der Waals surface area contributed by atoms with Gasteiger partial charge in [0.05, 0.1) is 19.9 Å². The van der Waals surface area contributed by atoms with Gasteiger partial charge in [-0.3, -0.25) is 0 Å². The molecule has 0 bridgehead atoms. The maximum Gasteiger partial charge on any atom is 0.174 e. The molecule has 0 radical (unpaired) electrons. The summed E-state index contributed by atoms with van der Waals surface area (Å²) in [5, 5.41) is 4.14. The minimum absolute atomic E-state index is 0.481. The Hall–Kier alpha value is -2.01. The Balaban J connectivity index is 1.74. The van der Waals surface area contributed by atoms with Crippen LogP contribution in [0.5, 0.6) is 5.75 Å². The Kier molecular flexibility index (Phi) is 5.41. The van der Waals surface area contributed by atoms with E-state index in [2.05, 4.69) is 16.3 Å². The van der Waals surface area contributed by atoms with Gasteiger partial charge in [-0.1, -0.05) is 12.8 Å². The zero-order chi connectivity index (χ0) is 16.9. The highest BCUT2D eigenvalue weighted by molar-refractivity contribution is 7.80. The zero-order valence-corrected chi connectivity index (χ0v) is 15.1. The molecule has 0 spiro atoms. The lowest BCUT2D eigenvalue weighted by atomic mass is 10.2. The lowest BCUT2D eigenvalue weighted by Gasteiger charge is -2.31. The standard InChI is InChI=1S/C19H24N2O2S/c1-14-12-15(9-10-18(14)22-2)20-19(24)21(16-6-3-4-7-16)13-17-8-5-11-23-17/h5,8-12,16H,3-4,6-7,13H2,1-2H3,(H,20,24). The fourth-order valence-electron chi connectivity index (χ4n) is 3.30. The van der Waals surface area contributed by atoms with E-state index in [1.54, 1.807) is 13.4 Å². The van der Waals surface area contributed by atoms with E-state index in [0.29, 0.717) is 12.6 Å². The summed E-state index contributed by atoms with van der Waals surface area (Å²) >= 11 is 5.71. The highest BCUT2D eigenvalue weighted by atomic mass is 32.1. The Bertz CT molecular complexity index is 679. The van der Waals surface area contributed by atoms with Gasteiger partial charge in [0, 0.05) is 11.7 Å². The molecule has 128 valence electrons. The molecule has 0 amide bonds. The number of nitrogens with zero attached hydrogens (tertiary/aromatic N) is 1. The SMILES string of the molecule is COc1ccc(NC(=S)N(Cc2ccco2)C2CCCC2)cc1C. The lowest BCUT2D eigenvalue weighted by molar-refractivity contribution is 0.286.